The highest BCUT2D eigenvalue weighted by Gasteiger charge is 2.23. The van der Waals surface area contributed by atoms with Gasteiger partial charge in [0.05, 0.1) is 5.02 Å². The van der Waals surface area contributed by atoms with Crippen LogP contribution in [0, 0.1) is 0 Å². The van der Waals surface area contributed by atoms with E-state index in [-0.39, 0.29) is 6.04 Å². The van der Waals surface area contributed by atoms with Crippen LogP contribution in [0.25, 0.3) is 0 Å². The molecule has 86 valence electrons. The first-order chi connectivity index (χ1) is 7.66. The topological polar surface area (TPSA) is 33.2 Å². The molecule has 0 aliphatic carbocycles. The molecule has 0 radical (unpaired) electrons. The zero-order valence-corrected chi connectivity index (χ0v) is 10.1. The van der Waals surface area contributed by atoms with E-state index in [1.54, 1.807) is 12.4 Å². The van der Waals surface area contributed by atoms with E-state index in [2.05, 4.69) is 9.88 Å². The third kappa shape index (κ3) is 2.60. The number of carbonyl (C=O) groups excluding carboxylic acids is 1. The molecule has 1 fully saturated rings. The largest absolute Gasteiger partial charge is 0.300 e. The summed E-state index contributed by atoms with van der Waals surface area (Å²) in [5.41, 5.74) is 1.03. The maximum Gasteiger partial charge on any atom is 0.134 e. The second kappa shape index (κ2) is 4.93. The van der Waals surface area contributed by atoms with E-state index in [0.717, 1.165) is 18.5 Å². The van der Waals surface area contributed by atoms with Gasteiger partial charge in [0.15, 0.2) is 0 Å². The van der Waals surface area contributed by atoms with E-state index in [1.807, 2.05) is 13.1 Å². The molecule has 0 N–H and O–H groups in total. The fourth-order valence-electron chi connectivity index (χ4n) is 2.14. The van der Waals surface area contributed by atoms with E-state index in [9.17, 15) is 4.79 Å². The number of Topliss-reactive ketones (excluding diaryl/α,β-unsaturated/α-hetero) is 1. The highest BCUT2D eigenvalue weighted by atomic mass is 35.5. The third-order valence-electron chi connectivity index (χ3n) is 3.03. The number of pyridine rings is 1. The van der Waals surface area contributed by atoms with Gasteiger partial charge in [-0.2, -0.15) is 0 Å². The van der Waals surface area contributed by atoms with E-state index in [0.29, 0.717) is 23.6 Å². The molecular weight excluding hydrogens is 224 g/mol. The first-order valence-electron chi connectivity index (χ1n) is 5.49. The lowest BCUT2D eigenvalue weighted by Crippen LogP contribution is -2.24. The van der Waals surface area contributed by atoms with Crippen molar-refractivity contribution in [2.75, 3.05) is 13.6 Å². The second-order valence-electron chi connectivity index (χ2n) is 4.28. The number of hydrogen-bond donors (Lipinski definition) is 0. The molecule has 0 bridgehead atoms. The molecule has 4 heteroatoms. The fraction of sp³-hybridized carbons (Fsp3) is 0.500. The Bertz CT molecular complexity index is 394. The number of hydrogen-bond acceptors (Lipinski definition) is 3. The van der Waals surface area contributed by atoms with Crippen LogP contribution in [0.15, 0.2) is 18.5 Å². The van der Waals surface area contributed by atoms with Crippen molar-refractivity contribution in [2.24, 2.45) is 0 Å². The molecule has 0 spiro atoms. The van der Waals surface area contributed by atoms with Crippen molar-refractivity contribution < 1.29 is 4.79 Å². The van der Waals surface area contributed by atoms with Gasteiger partial charge < -0.3 is 0 Å². The average molecular weight is 239 g/mol. The van der Waals surface area contributed by atoms with Crippen LogP contribution in [0.3, 0.4) is 0 Å². The second-order valence-corrected chi connectivity index (χ2v) is 4.72. The quantitative estimate of drug-likeness (QED) is 0.754. The van der Waals surface area contributed by atoms with Gasteiger partial charge in [-0.3, -0.25) is 14.7 Å². The molecule has 2 heterocycles. The van der Waals surface area contributed by atoms with Crippen molar-refractivity contribution in [2.45, 2.75) is 25.3 Å². The van der Waals surface area contributed by atoms with Gasteiger partial charge in [-0.1, -0.05) is 11.6 Å². The number of rotatable bonds is 1. The maximum absolute atomic E-state index is 11.6. The van der Waals surface area contributed by atoms with Crippen molar-refractivity contribution in [1.29, 1.82) is 0 Å². The molecule has 1 saturated heterocycles. The summed E-state index contributed by atoms with van der Waals surface area (Å²) in [4.78, 5) is 17.9. The van der Waals surface area contributed by atoms with E-state index in [1.165, 1.54) is 0 Å². The molecule has 1 aliphatic rings. The monoisotopic (exact) mass is 238 g/mol. The van der Waals surface area contributed by atoms with E-state index >= 15 is 0 Å². The molecule has 2 rings (SSSR count). The number of aromatic nitrogens is 1. The number of ketones is 1. The van der Waals surface area contributed by atoms with Crippen LogP contribution in [0.5, 0.6) is 0 Å². The molecule has 0 aromatic carbocycles. The molecule has 3 nitrogen and oxygen atoms in total. The van der Waals surface area contributed by atoms with Gasteiger partial charge in [0.1, 0.15) is 5.78 Å². The Kier molecular flexibility index (Phi) is 3.56. The van der Waals surface area contributed by atoms with Gasteiger partial charge in [0.25, 0.3) is 0 Å². The summed E-state index contributed by atoms with van der Waals surface area (Å²) in [6.07, 6.45) is 5.61. The summed E-state index contributed by atoms with van der Waals surface area (Å²) >= 11 is 5.92. The van der Waals surface area contributed by atoms with Crippen LogP contribution in [-0.4, -0.2) is 29.3 Å². The average Bonchev–Trinajstić information content (AvgIpc) is 2.41. The minimum absolute atomic E-state index is 0.126. The zero-order valence-electron chi connectivity index (χ0n) is 9.32. The molecule has 0 amide bonds. The van der Waals surface area contributed by atoms with Gasteiger partial charge in [-0.25, -0.2) is 0 Å². The first-order valence-corrected chi connectivity index (χ1v) is 5.87. The Balaban J connectivity index is 2.26. The van der Waals surface area contributed by atoms with Crippen LogP contribution in [0.1, 0.15) is 30.9 Å². The Hall–Kier alpha value is -0.930. The number of nitrogens with zero attached hydrogens (tertiary/aromatic N) is 2. The molecule has 16 heavy (non-hydrogen) atoms. The number of carbonyl (C=O) groups is 1. The van der Waals surface area contributed by atoms with E-state index < -0.39 is 0 Å². The normalized spacial score (nSPS) is 23.1. The van der Waals surface area contributed by atoms with Crippen LogP contribution in [-0.2, 0) is 4.79 Å². The fourth-order valence-corrected chi connectivity index (χ4v) is 2.32. The molecule has 1 atom stereocenters. The summed E-state index contributed by atoms with van der Waals surface area (Å²) in [6, 6.07) is 2.02. The Morgan fingerprint density at radius 1 is 1.50 bits per heavy atom. The standard InChI is InChI=1S/C12H15ClN2O/c1-15-4-2-3-11(16)6-12(15)9-5-10(13)8-14-7-9/h5,7-8,12H,2-4,6H2,1H3. The van der Waals surface area contributed by atoms with Crippen molar-refractivity contribution in [3.05, 3.63) is 29.0 Å². The van der Waals surface area contributed by atoms with Crippen LogP contribution in [0.4, 0.5) is 0 Å². The summed E-state index contributed by atoms with van der Waals surface area (Å²) in [7, 11) is 2.05. The highest BCUT2D eigenvalue weighted by Crippen LogP contribution is 2.27. The molecule has 1 aromatic heterocycles. The number of likely N-dealkylation sites (tertiary alicyclic amines) is 1. The Labute approximate surface area is 100 Å². The lowest BCUT2D eigenvalue weighted by atomic mass is 10.0. The summed E-state index contributed by atoms with van der Waals surface area (Å²) in [5.74, 6) is 0.328. The van der Waals surface area contributed by atoms with Gasteiger partial charge in [0.2, 0.25) is 0 Å². The summed E-state index contributed by atoms with van der Waals surface area (Å²) in [5, 5.41) is 0.627. The van der Waals surface area contributed by atoms with Gasteiger partial charge in [0, 0.05) is 31.3 Å². The van der Waals surface area contributed by atoms with Gasteiger partial charge in [-0.15, -0.1) is 0 Å². The Morgan fingerprint density at radius 3 is 3.06 bits per heavy atom. The maximum atomic E-state index is 11.6. The minimum atomic E-state index is 0.126. The molecular formula is C12H15ClN2O. The van der Waals surface area contributed by atoms with Gasteiger partial charge >= 0.3 is 0 Å². The van der Waals surface area contributed by atoms with Crippen LogP contribution < -0.4 is 0 Å². The third-order valence-corrected chi connectivity index (χ3v) is 3.24. The SMILES string of the molecule is CN1CCCC(=O)CC1c1cncc(Cl)c1. The molecule has 1 aliphatic heterocycles. The highest BCUT2D eigenvalue weighted by molar-refractivity contribution is 6.30. The minimum Gasteiger partial charge on any atom is -0.300 e. The van der Waals surface area contributed by atoms with Crippen molar-refractivity contribution >= 4 is 17.4 Å². The smallest absolute Gasteiger partial charge is 0.134 e. The lowest BCUT2D eigenvalue weighted by Gasteiger charge is -2.25. The van der Waals surface area contributed by atoms with Crippen molar-refractivity contribution in [3.8, 4) is 0 Å². The summed E-state index contributed by atoms with van der Waals surface area (Å²) < 4.78 is 0. The van der Waals surface area contributed by atoms with Crippen LogP contribution >= 0.6 is 11.6 Å². The zero-order chi connectivity index (χ0) is 11.5. The predicted octanol–water partition coefficient (Wildman–Crippen LogP) is 2.46. The summed E-state index contributed by atoms with van der Waals surface area (Å²) in [6.45, 7) is 0.947. The number of halogens is 1. The van der Waals surface area contributed by atoms with Crippen molar-refractivity contribution in [1.82, 2.24) is 9.88 Å². The molecule has 1 unspecified atom stereocenters. The van der Waals surface area contributed by atoms with Crippen molar-refractivity contribution in [3.63, 3.8) is 0 Å². The lowest BCUT2D eigenvalue weighted by molar-refractivity contribution is -0.119. The first kappa shape index (κ1) is 11.6. The Morgan fingerprint density at radius 2 is 2.31 bits per heavy atom. The molecule has 1 aromatic rings. The van der Waals surface area contributed by atoms with Gasteiger partial charge in [-0.05, 0) is 31.6 Å². The molecule has 0 saturated carbocycles. The predicted molar refractivity (Wildman–Crippen MR) is 63.5 cm³/mol. The van der Waals surface area contributed by atoms with Crippen LogP contribution in [0.2, 0.25) is 5.02 Å². The van der Waals surface area contributed by atoms with E-state index in [4.69, 9.17) is 11.6 Å².